The smallest absolute Gasteiger partial charge is 0.308 e. The third-order valence-electron chi connectivity index (χ3n) is 3.50. The lowest BCUT2D eigenvalue weighted by molar-refractivity contribution is -0.142. The number of carboxylic acids is 1. The van der Waals surface area contributed by atoms with Crippen molar-refractivity contribution < 1.29 is 9.90 Å². The van der Waals surface area contributed by atoms with E-state index in [-0.39, 0.29) is 11.8 Å². The van der Waals surface area contributed by atoms with E-state index >= 15 is 0 Å². The van der Waals surface area contributed by atoms with Gasteiger partial charge < -0.3 is 10.0 Å². The highest BCUT2D eigenvalue weighted by Gasteiger charge is 2.34. The van der Waals surface area contributed by atoms with E-state index in [9.17, 15) is 4.79 Å². The molecule has 104 valence electrons. The van der Waals surface area contributed by atoms with Crippen LogP contribution in [0.1, 0.15) is 6.92 Å². The SMILES string of the molecule is C[C@@H]1CN(CCSc2ccc(Cl)cc2)C[C@H]1C(=O)O. The summed E-state index contributed by atoms with van der Waals surface area (Å²) >= 11 is 7.62. The van der Waals surface area contributed by atoms with Crippen LogP contribution in [0.25, 0.3) is 0 Å². The molecule has 1 saturated heterocycles. The Morgan fingerprint density at radius 1 is 1.42 bits per heavy atom. The molecule has 0 amide bonds. The highest BCUT2D eigenvalue weighted by atomic mass is 35.5. The number of thioether (sulfide) groups is 1. The second-order valence-electron chi connectivity index (χ2n) is 4.98. The Labute approximate surface area is 122 Å². The van der Waals surface area contributed by atoms with Gasteiger partial charge in [0.05, 0.1) is 5.92 Å². The van der Waals surface area contributed by atoms with Crippen molar-refractivity contribution in [1.82, 2.24) is 4.90 Å². The monoisotopic (exact) mass is 299 g/mol. The van der Waals surface area contributed by atoms with Gasteiger partial charge in [-0.2, -0.15) is 0 Å². The lowest BCUT2D eigenvalue weighted by atomic mass is 9.99. The van der Waals surface area contributed by atoms with Crippen molar-refractivity contribution in [3.63, 3.8) is 0 Å². The molecule has 0 saturated carbocycles. The number of nitrogens with zero attached hydrogens (tertiary/aromatic N) is 1. The van der Waals surface area contributed by atoms with Crippen molar-refractivity contribution in [1.29, 1.82) is 0 Å². The van der Waals surface area contributed by atoms with Crippen molar-refractivity contribution in [2.45, 2.75) is 11.8 Å². The van der Waals surface area contributed by atoms with E-state index < -0.39 is 5.97 Å². The molecule has 2 rings (SSSR count). The molecule has 2 atom stereocenters. The first-order chi connectivity index (χ1) is 9.06. The quantitative estimate of drug-likeness (QED) is 0.848. The van der Waals surface area contributed by atoms with E-state index in [0.717, 1.165) is 23.9 Å². The Hall–Kier alpha value is -0.710. The summed E-state index contributed by atoms with van der Waals surface area (Å²) in [4.78, 5) is 14.5. The molecule has 0 spiro atoms. The summed E-state index contributed by atoms with van der Waals surface area (Å²) in [6, 6.07) is 7.81. The van der Waals surface area contributed by atoms with Crippen LogP contribution >= 0.6 is 23.4 Å². The summed E-state index contributed by atoms with van der Waals surface area (Å²) < 4.78 is 0. The van der Waals surface area contributed by atoms with Crippen LogP contribution in [0.15, 0.2) is 29.2 Å². The molecule has 0 aromatic heterocycles. The molecule has 1 heterocycles. The lowest BCUT2D eigenvalue weighted by Gasteiger charge is -2.14. The molecule has 1 fully saturated rings. The predicted molar refractivity (Wildman–Crippen MR) is 78.9 cm³/mol. The molecule has 1 aliphatic heterocycles. The van der Waals surface area contributed by atoms with Gasteiger partial charge in [-0.3, -0.25) is 4.79 Å². The average Bonchev–Trinajstić information content (AvgIpc) is 2.73. The van der Waals surface area contributed by atoms with E-state index in [1.807, 2.05) is 31.2 Å². The molecular formula is C14H18ClNO2S. The van der Waals surface area contributed by atoms with Crippen LogP contribution < -0.4 is 0 Å². The number of aliphatic carboxylic acids is 1. The van der Waals surface area contributed by atoms with Crippen LogP contribution in [0.2, 0.25) is 5.02 Å². The number of halogens is 1. The van der Waals surface area contributed by atoms with E-state index in [1.165, 1.54) is 4.90 Å². The molecular weight excluding hydrogens is 282 g/mol. The summed E-state index contributed by atoms with van der Waals surface area (Å²) in [5.41, 5.74) is 0. The number of carbonyl (C=O) groups is 1. The molecule has 3 nitrogen and oxygen atoms in total. The maximum atomic E-state index is 11.0. The molecule has 1 aromatic rings. The normalized spacial score (nSPS) is 23.7. The Morgan fingerprint density at radius 2 is 2.11 bits per heavy atom. The number of carboxylic acid groups (broad SMARTS) is 1. The Bertz CT molecular complexity index is 438. The lowest BCUT2D eigenvalue weighted by Crippen LogP contribution is -2.25. The van der Waals surface area contributed by atoms with Crippen molar-refractivity contribution in [3.05, 3.63) is 29.3 Å². The number of benzene rings is 1. The van der Waals surface area contributed by atoms with Gasteiger partial charge in [0.1, 0.15) is 0 Å². The third-order valence-corrected chi connectivity index (χ3v) is 4.74. The zero-order valence-electron chi connectivity index (χ0n) is 10.9. The van der Waals surface area contributed by atoms with Crippen molar-refractivity contribution in [2.75, 3.05) is 25.4 Å². The second-order valence-corrected chi connectivity index (χ2v) is 6.59. The third kappa shape index (κ3) is 4.13. The fourth-order valence-electron chi connectivity index (χ4n) is 2.39. The van der Waals surface area contributed by atoms with Gasteiger partial charge in [0.25, 0.3) is 0 Å². The maximum absolute atomic E-state index is 11.0. The predicted octanol–water partition coefficient (Wildman–Crippen LogP) is 3.08. The van der Waals surface area contributed by atoms with E-state index in [2.05, 4.69) is 4.90 Å². The first-order valence-corrected chi connectivity index (χ1v) is 7.76. The summed E-state index contributed by atoms with van der Waals surface area (Å²) in [6.45, 7) is 4.52. The largest absolute Gasteiger partial charge is 0.481 e. The van der Waals surface area contributed by atoms with Crippen molar-refractivity contribution >= 4 is 29.3 Å². The summed E-state index contributed by atoms with van der Waals surface area (Å²) in [5.74, 6) is 0.347. The zero-order chi connectivity index (χ0) is 13.8. The molecule has 1 aliphatic rings. The Kier molecular flexibility index (Phi) is 5.13. The summed E-state index contributed by atoms with van der Waals surface area (Å²) in [5, 5.41) is 9.84. The first kappa shape index (κ1) is 14.7. The van der Waals surface area contributed by atoms with Gasteiger partial charge in [0.2, 0.25) is 0 Å². The molecule has 19 heavy (non-hydrogen) atoms. The van der Waals surface area contributed by atoms with Crippen LogP contribution in [-0.2, 0) is 4.79 Å². The summed E-state index contributed by atoms with van der Waals surface area (Å²) in [7, 11) is 0. The van der Waals surface area contributed by atoms with Gasteiger partial charge in [-0.25, -0.2) is 0 Å². The molecule has 0 aliphatic carbocycles. The van der Waals surface area contributed by atoms with E-state index in [1.54, 1.807) is 11.8 Å². The molecule has 0 unspecified atom stereocenters. The average molecular weight is 300 g/mol. The van der Waals surface area contributed by atoms with Crippen LogP contribution in [0, 0.1) is 11.8 Å². The highest BCUT2D eigenvalue weighted by Crippen LogP contribution is 2.25. The van der Waals surface area contributed by atoms with Crippen molar-refractivity contribution in [3.8, 4) is 0 Å². The molecule has 5 heteroatoms. The number of hydrogen-bond acceptors (Lipinski definition) is 3. The Balaban J connectivity index is 1.75. The summed E-state index contributed by atoms with van der Waals surface area (Å²) in [6.07, 6.45) is 0. The standard InChI is InChI=1S/C14H18ClNO2S/c1-10-8-16(9-13(10)14(17)18)6-7-19-12-4-2-11(15)3-5-12/h2-5,10,13H,6-9H2,1H3,(H,17,18)/t10-,13-/m1/s1. The number of hydrogen-bond donors (Lipinski definition) is 1. The van der Waals surface area contributed by atoms with Gasteiger partial charge in [-0.15, -0.1) is 11.8 Å². The van der Waals surface area contributed by atoms with Gasteiger partial charge in [0, 0.05) is 35.3 Å². The zero-order valence-corrected chi connectivity index (χ0v) is 12.5. The molecule has 1 N–H and O–H groups in total. The van der Waals surface area contributed by atoms with Crippen LogP contribution in [0.5, 0.6) is 0 Å². The van der Waals surface area contributed by atoms with E-state index in [4.69, 9.17) is 16.7 Å². The van der Waals surface area contributed by atoms with Crippen LogP contribution in [0.3, 0.4) is 0 Å². The molecule has 1 aromatic carbocycles. The van der Waals surface area contributed by atoms with Gasteiger partial charge >= 0.3 is 5.97 Å². The first-order valence-electron chi connectivity index (χ1n) is 6.40. The number of rotatable bonds is 5. The highest BCUT2D eigenvalue weighted by molar-refractivity contribution is 7.99. The van der Waals surface area contributed by atoms with Gasteiger partial charge in [-0.05, 0) is 30.2 Å². The minimum atomic E-state index is -0.666. The maximum Gasteiger partial charge on any atom is 0.308 e. The molecule has 0 bridgehead atoms. The minimum Gasteiger partial charge on any atom is -0.481 e. The van der Waals surface area contributed by atoms with Crippen LogP contribution in [-0.4, -0.2) is 41.4 Å². The number of likely N-dealkylation sites (tertiary alicyclic amines) is 1. The van der Waals surface area contributed by atoms with Gasteiger partial charge in [0.15, 0.2) is 0 Å². The fourth-order valence-corrected chi connectivity index (χ4v) is 3.43. The van der Waals surface area contributed by atoms with E-state index in [0.29, 0.717) is 6.54 Å². The minimum absolute atomic E-state index is 0.208. The van der Waals surface area contributed by atoms with Crippen molar-refractivity contribution in [2.24, 2.45) is 11.8 Å². The second kappa shape index (κ2) is 6.64. The Morgan fingerprint density at radius 3 is 2.68 bits per heavy atom. The molecule has 0 radical (unpaired) electrons. The topological polar surface area (TPSA) is 40.5 Å². The van der Waals surface area contributed by atoms with Gasteiger partial charge in [-0.1, -0.05) is 18.5 Å². The van der Waals surface area contributed by atoms with Crippen LogP contribution in [0.4, 0.5) is 0 Å². The fraction of sp³-hybridized carbons (Fsp3) is 0.500.